The highest BCUT2D eigenvalue weighted by molar-refractivity contribution is 5.89. The van der Waals surface area contributed by atoms with Crippen LogP contribution in [0.2, 0.25) is 0 Å². The fourth-order valence-corrected chi connectivity index (χ4v) is 1.13. The molecule has 0 fully saturated rings. The zero-order valence-corrected chi connectivity index (χ0v) is 8.43. The van der Waals surface area contributed by atoms with Gasteiger partial charge in [0.2, 0.25) is 0 Å². The van der Waals surface area contributed by atoms with Gasteiger partial charge in [-0.05, 0) is 12.1 Å². The Hall–Kier alpha value is -1.61. The second-order valence-electron chi connectivity index (χ2n) is 3.06. The fraction of sp³-hybridized carbons (Fsp3) is 0.250. The van der Waals surface area contributed by atoms with Gasteiger partial charge in [-0.25, -0.2) is 4.79 Å². The summed E-state index contributed by atoms with van der Waals surface area (Å²) in [4.78, 5) is 11.5. The highest BCUT2D eigenvalue weighted by Crippen LogP contribution is 2.06. The van der Waals surface area contributed by atoms with Gasteiger partial charge < -0.3 is 9.84 Å². The van der Waals surface area contributed by atoms with Crippen molar-refractivity contribution in [1.29, 1.82) is 0 Å². The third-order valence-electron chi connectivity index (χ3n) is 1.94. The third-order valence-corrected chi connectivity index (χ3v) is 1.94. The molecule has 80 valence electrons. The van der Waals surface area contributed by atoms with Crippen LogP contribution in [-0.2, 0) is 4.74 Å². The summed E-state index contributed by atoms with van der Waals surface area (Å²) >= 11 is 0. The molecule has 1 unspecified atom stereocenters. The van der Waals surface area contributed by atoms with Crippen LogP contribution in [0, 0.1) is 0 Å². The number of rotatable bonds is 5. The Bertz CT molecular complexity index is 319. The summed E-state index contributed by atoms with van der Waals surface area (Å²) in [5.41, 5.74) is 0.502. The van der Waals surface area contributed by atoms with Crippen LogP contribution in [0.5, 0.6) is 0 Å². The van der Waals surface area contributed by atoms with Crippen molar-refractivity contribution in [2.24, 2.45) is 0 Å². The normalized spacial score (nSPS) is 11.8. The molecule has 0 spiro atoms. The van der Waals surface area contributed by atoms with E-state index in [1.807, 2.05) is 6.07 Å². The average molecular weight is 206 g/mol. The number of esters is 1. The van der Waals surface area contributed by atoms with Gasteiger partial charge in [0.15, 0.2) is 0 Å². The Kier molecular flexibility index (Phi) is 4.57. The van der Waals surface area contributed by atoms with Crippen molar-refractivity contribution in [3.63, 3.8) is 0 Å². The number of aliphatic hydroxyl groups excluding tert-OH is 1. The van der Waals surface area contributed by atoms with E-state index in [0.29, 0.717) is 12.0 Å². The van der Waals surface area contributed by atoms with E-state index in [9.17, 15) is 4.79 Å². The predicted molar refractivity (Wildman–Crippen MR) is 57.5 cm³/mol. The lowest BCUT2D eigenvalue weighted by molar-refractivity contribution is 0.0351. The molecule has 0 radical (unpaired) electrons. The van der Waals surface area contributed by atoms with Gasteiger partial charge in [0, 0.05) is 13.0 Å². The van der Waals surface area contributed by atoms with Gasteiger partial charge in [-0.3, -0.25) is 0 Å². The smallest absolute Gasteiger partial charge is 0.338 e. The topological polar surface area (TPSA) is 46.5 Å². The largest absolute Gasteiger partial charge is 0.454 e. The lowest BCUT2D eigenvalue weighted by Crippen LogP contribution is -2.17. The zero-order chi connectivity index (χ0) is 11.1. The van der Waals surface area contributed by atoms with E-state index in [-0.39, 0.29) is 6.61 Å². The molecule has 0 aliphatic carbocycles. The zero-order valence-electron chi connectivity index (χ0n) is 8.43. The van der Waals surface area contributed by atoms with Crippen molar-refractivity contribution in [2.75, 3.05) is 6.61 Å². The van der Waals surface area contributed by atoms with E-state index in [0.717, 1.165) is 0 Å². The van der Waals surface area contributed by atoms with E-state index >= 15 is 0 Å². The van der Waals surface area contributed by atoms with Gasteiger partial charge in [0.25, 0.3) is 0 Å². The van der Waals surface area contributed by atoms with Crippen LogP contribution in [0.3, 0.4) is 0 Å². The molecule has 1 aromatic carbocycles. The van der Waals surface area contributed by atoms with E-state index < -0.39 is 12.1 Å². The Morgan fingerprint density at radius 1 is 1.47 bits per heavy atom. The first-order chi connectivity index (χ1) is 7.27. The maximum atomic E-state index is 11.5. The first-order valence-electron chi connectivity index (χ1n) is 4.77. The van der Waals surface area contributed by atoms with Crippen molar-refractivity contribution in [3.8, 4) is 0 Å². The standard InChI is InChI=1S/C12H14O3/c1-2-11(8-9-13)15-12(14)10-6-4-3-5-7-10/h2-7,11,13H,1,8-9H2. The van der Waals surface area contributed by atoms with Gasteiger partial charge in [-0.15, -0.1) is 0 Å². The Morgan fingerprint density at radius 3 is 2.67 bits per heavy atom. The van der Waals surface area contributed by atoms with Crippen LogP contribution >= 0.6 is 0 Å². The van der Waals surface area contributed by atoms with Gasteiger partial charge in [-0.2, -0.15) is 0 Å². The van der Waals surface area contributed by atoms with Crippen LogP contribution in [0.15, 0.2) is 43.0 Å². The monoisotopic (exact) mass is 206 g/mol. The molecule has 0 amide bonds. The molecule has 3 nitrogen and oxygen atoms in total. The number of ether oxygens (including phenoxy) is 1. The molecule has 0 bridgehead atoms. The first-order valence-corrected chi connectivity index (χ1v) is 4.77. The summed E-state index contributed by atoms with van der Waals surface area (Å²) in [6, 6.07) is 8.73. The number of carbonyl (C=O) groups excluding carboxylic acids is 1. The Labute approximate surface area is 89.0 Å². The maximum absolute atomic E-state index is 11.5. The molecule has 0 aliphatic heterocycles. The molecular formula is C12H14O3. The molecule has 1 rings (SSSR count). The van der Waals surface area contributed by atoms with Crippen molar-refractivity contribution in [1.82, 2.24) is 0 Å². The van der Waals surface area contributed by atoms with Gasteiger partial charge in [0.05, 0.1) is 5.56 Å². The van der Waals surface area contributed by atoms with Crippen molar-refractivity contribution in [2.45, 2.75) is 12.5 Å². The molecular weight excluding hydrogens is 192 g/mol. The summed E-state index contributed by atoms with van der Waals surface area (Å²) < 4.78 is 5.11. The Morgan fingerprint density at radius 2 is 2.13 bits per heavy atom. The van der Waals surface area contributed by atoms with Crippen LogP contribution in [0.25, 0.3) is 0 Å². The van der Waals surface area contributed by atoms with Crippen molar-refractivity contribution in [3.05, 3.63) is 48.6 Å². The lowest BCUT2D eigenvalue weighted by Gasteiger charge is -2.12. The van der Waals surface area contributed by atoms with Crippen molar-refractivity contribution >= 4 is 5.97 Å². The van der Waals surface area contributed by atoms with Gasteiger partial charge in [0.1, 0.15) is 6.10 Å². The summed E-state index contributed by atoms with van der Waals surface area (Å²) in [6.45, 7) is 3.51. The molecule has 1 atom stereocenters. The summed E-state index contributed by atoms with van der Waals surface area (Å²) in [7, 11) is 0. The molecule has 0 aromatic heterocycles. The molecule has 0 saturated carbocycles. The SMILES string of the molecule is C=CC(CCO)OC(=O)c1ccccc1. The molecule has 0 saturated heterocycles. The summed E-state index contributed by atoms with van der Waals surface area (Å²) in [5.74, 6) is -0.394. The lowest BCUT2D eigenvalue weighted by atomic mass is 10.2. The van der Waals surface area contributed by atoms with Gasteiger partial charge in [-0.1, -0.05) is 30.9 Å². The molecule has 3 heteroatoms. The minimum absolute atomic E-state index is 0.0290. The third kappa shape index (κ3) is 3.56. The molecule has 0 heterocycles. The highest BCUT2D eigenvalue weighted by atomic mass is 16.5. The van der Waals surface area contributed by atoms with Crippen LogP contribution in [-0.4, -0.2) is 23.8 Å². The predicted octanol–water partition coefficient (Wildman–Crippen LogP) is 1.78. The van der Waals surface area contributed by atoms with Crippen LogP contribution in [0.1, 0.15) is 16.8 Å². The van der Waals surface area contributed by atoms with E-state index in [2.05, 4.69) is 6.58 Å². The first kappa shape index (κ1) is 11.5. The summed E-state index contributed by atoms with van der Waals surface area (Å²) in [5, 5.41) is 8.71. The van der Waals surface area contributed by atoms with E-state index in [1.54, 1.807) is 24.3 Å². The minimum Gasteiger partial charge on any atom is -0.454 e. The number of benzene rings is 1. The number of hydrogen-bond donors (Lipinski definition) is 1. The second kappa shape index (κ2) is 5.98. The Balaban J connectivity index is 2.58. The van der Waals surface area contributed by atoms with Gasteiger partial charge >= 0.3 is 5.97 Å². The maximum Gasteiger partial charge on any atom is 0.338 e. The molecule has 1 aromatic rings. The quantitative estimate of drug-likeness (QED) is 0.590. The number of aliphatic hydroxyl groups is 1. The van der Waals surface area contributed by atoms with E-state index in [4.69, 9.17) is 9.84 Å². The fourth-order valence-electron chi connectivity index (χ4n) is 1.13. The van der Waals surface area contributed by atoms with Crippen molar-refractivity contribution < 1.29 is 14.6 Å². The summed E-state index contributed by atoms with van der Waals surface area (Å²) in [6.07, 6.45) is 1.46. The molecule has 15 heavy (non-hydrogen) atoms. The average Bonchev–Trinajstić information content (AvgIpc) is 2.29. The molecule has 0 aliphatic rings. The number of carbonyl (C=O) groups is 1. The number of hydrogen-bond acceptors (Lipinski definition) is 3. The van der Waals surface area contributed by atoms with E-state index in [1.165, 1.54) is 6.08 Å². The highest BCUT2D eigenvalue weighted by Gasteiger charge is 2.11. The van der Waals surface area contributed by atoms with Crippen LogP contribution in [0.4, 0.5) is 0 Å². The van der Waals surface area contributed by atoms with Crippen LogP contribution < -0.4 is 0 Å². The second-order valence-corrected chi connectivity index (χ2v) is 3.06. The minimum atomic E-state index is -0.428. The molecule has 1 N–H and O–H groups in total.